The highest BCUT2D eigenvalue weighted by Crippen LogP contribution is 2.28. The second-order valence-electron chi connectivity index (χ2n) is 5.83. The summed E-state index contributed by atoms with van der Waals surface area (Å²) in [6.07, 6.45) is 4.23. The van der Waals surface area contributed by atoms with Crippen LogP contribution < -0.4 is 14.2 Å². The van der Waals surface area contributed by atoms with Crippen LogP contribution in [0.4, 0.5) is 0 Å². The predicted molar refractivity (Wildman–Crippen MR) is 111 cm³/mol. The number of nitriles is 1. The summed E-state index contributed by atoms with van der Waals surface area (Å²) in [5.41, 5.74) is 1.09. The molecule has 0 atom stereocenters. The molecule has 0 bridgehead atoms. The van der Waals surface area contributed by atoms with Gasteiger partial charge in [0.15, 0.2) is 11.5 Å². The summed E-state index contributed by atoms with van der Waals surface area (Å²) < 4.78 is 20.6. The molecule has 0 aromatic heterocycles. The third-order valence-electron chi connectivity index (χ3n) is 3.81. The van der Waals surface area contributed by atoms with E-state index < -0.39 is 11.9 Å². The summed E-state index contributed by atoms with van der Waals surface area (Å²) in [6.45, 7) is 2.40. The molecule has 0 amide bonds. The van der Waals surface area contributed by atoms with Gasteiger partial charge >= 0.3 is 11.9 Å². The molecular weight excluding hydrogens is 386 g/mol. The van der Waals surface area contributed by atoms with E-state index in [2.05, 4.69) is 4.74 Å². The Balaban J connectivity index is 2.11. The summed E-state index contributed by atoms with van der Waals surface area (Å²) in [6, 6.07) is 13.5. The Bertz CT molecular complexity index is 1020. The molecule has 2 aromatic carbocycles. The fourth-order valence-electron chi connectivity index (χ4n) is 2.46. The molecule has 0 spiro atoms. The zero-order valence-corrected chi connectivity index (χ0v) is 16.9. The largest absolute Gasteiger partial charge is 0.493 e. The number of ether oxygens (including phenoxy) is 4. The topological polar surface area (TPSA) is 94.9 Å². The van der Waals surface area contributed by atoms with Crippen molar-refractivity contribution in [1.82, 2.24) is 0 Å². The number of carbonyl (C=O) groups excluding carboxylic acids is 2. The molecule has 154 valence electrons. The first-order chi connectivity index (χ1) is 14.5. The van der Waals surface area contributed by atoms with E-state index in [4.69, 9.17) is 19.5 Å². The number of benzene rings is 2. The number of esters is 2. The van der Waals surface area contributed by atoms with Gasteiger partial charge in [-0.1, -0.05) is 18.2 Å². The number of hydrogen-bond acceptors (Lipinski definition) is 7. The lowest BCUT2D eigenvalue weighted by Gasteiger charge is -2.09. The van der Waals surface area contributed by atoms with Gasteiger partial charge in [-0.05, 0) is 54.5 Å². The highest BCUT2D eigenvalue weighted by atomic mass is 16.5. The maximum absolute atomic E-state index is 12.1. The number of methoxy groups -OCH3 is 2. The highest BCUT2D eigenvalue weighted by molar-refractivity contribution is 5.97. The second kappa shape index (κ2) is 11.1. The minimum absolute atomic E-state index is 0.162. The zero-order chi connectivity index (χ0) is 21.9. The first-order valence-corrected chi connectivity index (χ1v) is 9.01. The van der Waals surface area contributed by atoms with E-state index in [0.29, 0.717) is 23.7 Å². The average molecular weight is 407 g/mol. The van der Waals surface area contributed by atoms with Gasteiger partial charge < -0.3 is 18.9 Å². The minimum Gasteiger partial charge on any atom is -0.493 e. The molecule has 0 aliphatic heterocycles. The van der Waals surface area contributed by atoms with Crippen molar-refractivity contribution < 1.29 is 28.5 Å². The van der Waals surface area contributed by atoms with Gasteiger partial charge in [-0.2, -0.15) is 5.26 Å². The van der Waals surface area contributed by atoms with E-state index >= 15 is 0 Å². The molecule has 2 rings (SSSR count). The Kier molecular flexibility index (Phi) is 8.21. The van der Waals surface area contributed by atoms with Crippen LogP contribution in [-0.4, -0.2) is 32.8 Å². The molecule has 0 aliphatic carbocycles. The normalized spacial score (nSPS) is 10.9. The molecule has 0 saturated heterocycles. The standard InChI is InChI=1S/C23H21NO6/c1-4-29-20-10-8-16(14-21(20)27-2)9-11-22(25)30-19-7-5-6-17(13-19)12-18(15-24)23(26)28-3/h5-14H,4H2,1-3H3/b11-9+,18-12+. The van der Waals surface area contributed by atoms with Gasteiger partial charge in [0.25, 0.3) is 0 Å². The van der Waals surface area contributed by atoms with Gasteiger partial charge in [0.2, 0.25) is 0 Å². The van der Waals surface area contributed by atoms with Crippen LogP contribution in [-0.2, 0) is 14.3 Å². The van der Waals surface area contributed by atoms with E-state index in [0.717, 1.165) is 5.56 Å². The third-order valence-corrected chi connectivity index (χ3v) is 3.81. The number of rotatable bonds is 8. The number of carbonyl (C=O) groups is 2. The molecule has 0 radical (unpaired) electrons. The van der Waals surface area contributed by atoms with Crippen LogP contribution in [0.3, 0.4) is 0 Å². The maximum atomic E-state index is 12.1. The highest BCUT2D eigenvalue weighted by Gasteiger charge is 2.09. The van der Waals surface area contributed by atoms with E-state index in [9.17, 15) is 9.59 Å². The van der Waals surface area contributed by atoms with Crippen LogP contribution in [0.25, 0.3) is 12.2 Å². The monoisotopic (exact) mass is 407 g/mol. The Morgan fingerprint density at radius 1 is 1.07 bits per heavy atom. The Hall–Kier alpha value is -4.05. The van der Waals surface area contributed by atoms with E-state index in [1.54, 1.807) is 55.7 Å². The van der Waals surface area contributed by atoms with Crippen molar-refractivity contribution in [2.75, 3.05) is 20.8 Å². The Morgan fingerprint density at radius 3 is 2.53 bits per heavy atom. The molecular formula is C23H21NO6. The van der Waals surface area contributed by atoms with Crippen molar-refractivity contribution in [2.24, 2.45) is 0 Å². The fraction of sp³-hybridized carbons (Fsp3) is 0.174. The molecule has 7 nitrogen and oxygen atoms in total. The first kappa shape index (κ1) is 22.2. The minimum atomic E-state index is -0.742. The van der Waals surface area contributed by atoms with Crippen molar-refractivity contribution in [3.05, 3.63) is 65.2 Å². The van der Waals surface area contributed by atoms with Gasteiger partial charge in [-0.25, -0.2) is 9.59 Å². The predicted octanol–water partition coefficient (Wildman–Crippen LogP) is 3.79. The molecule has 0 unspecified atom stereocenters. The van der Waals surface area contributed by atoms with Crippen molar-refractivity contribution >= 4 is 24.1 Å². The van der Waals surface area contributed by atoms with Gasteiger partial charge in [-0.3, -0.25) is 0 Å². The first-order valence-electron chi connectivity index (χ1n) is 9.01. The van der Waals surface area contributed by atoms with Crippen LogP contribution in [0.1, 0.15) is 18.1 Å². The number of hydrogen-bond donors (Lipinski definition) is 0. The lowest BCUT2D eigenvalue weighted by Crippen LogP contribution is -2.04. The van der Waals surface area contributed by atoms with Crippen LogP contribution in [0.5, 0.6) is 17.2 Å². The SMILES string of the molecule is CCOc1ccc(/C=C/C(=O)Oc2cccc(/C=C(\C#N)C(=O)OC)c2)cc1OC. The number of nitrogens with zero attached hydrogens (tertiary/aromatic N) is 1. The van der Waals surface area contributed by atoms with E-state index in [-0.39, 0.29) is 11.3 Å². The molecule has 0 saturated carbocycles. The quantitative estimate of drug-likeness (QED) is 0.284. The van der Waals surface area contributed by atoms with Crippen molar-refractivity contribution in [1.29, 1.82) is 5.26 Å². The van der Waals surface area contributed by atoms with E-state index in [1.165, 1.54) is 25.3 Å². The summed E-state index contributed by atoms with van der Waals surface area (Å²) in [5, 5.41) is 9.04. The van der Waals surface area contributed by atoms with Crippen LogP contribution in [0.2, 0.25) is 0 Å². The molecule has 0 N–H and O–H groups in total. The van der Waals surface area contributed by atoms with Crippen molar-refractivity contribution in [3.8, 4) is 23.3 Å². The molecule has 2 aromatic rings. The second-order valence-corrected chi connectivity index (χ2v) is 5.83. The molecule has 0 fully saturated rings. The molecule has 0 aliphatic rings. The van der Waals surface area contributed by atoms with Gasteiger partial charge in [0, 0.05) is 6.08 Å². The molecule has 30 heavy (non-hydrogen) atoms. The molecule has 0 heterocycles. The summed E-state index contributed by atoms with van der Waals surface area (Å²) >= 11 is 0. The lowest BCUT2D eigenvalue weighted by molar-refractivity contribution is -0.135. The van der Waals surface area contributed by atoms with Crippen molar-refractivity contribution in [2.45, 2.75) is 6.92 Å². The Labute approximate surface area is 174 Å². The summed E-state index contributed by atoms with van der Waals surface area (Å²) in [5.74, 6) is 0.120. The summed E-state index contributed by atoms with van der Waals surface area (Å²) in [7, 11) is 2.73. The maximum Gasteiger partial charge on any atom is 0.348 e. The zero-order valence-electron chi connectivity index (χ0n) is 16.9. The third kappa shape index (κ3) is 6.24. The summed E-state index contributed by atoms with van der Waals surface area (Å²) in [4.78, 5) is 23.7. The van der Waals surface area contributed by atoms with Crippen LogP contribution in [0.15, 0.2) is 54.1 Å². The van der Waals surface area contributed by atoms with Gasteiger partial charge in [0.05, 0.1) is 20.8 Å². The fourth-order valence-corrected chi connectivity index (χ4v) is 2.46. The van der Waals surface area contributed by atoms with Crippen molar-refractivity contribution in [3.63, 3.8) is 0 Å². The van der Waals surface area contributed by atoms with E-state index in [1.807, 2.05) is 6.92 Å². The van der Waals surface area contributed by atoms with Gasteiger partial charge in [0.1, 0.15) is 17.4 Å². The lowest BCUT2D eigenvalue weighted by atomic mass is 10.1. The smallest absolute Gasteiger partial charge is 0.348 e. The van der Waals surface area contributed by atoms with Crippen LogP contribution >= 0.6 is 0 Å². The average Bonchev–Trinajstić information content (AvgIpc) is 2.76. The van der Waals surface area contributed by atoms with Crippen LogP contribution in [0, 0.1) is 11.3 Å². The van der Waals surface area contributed by atoms with Gasteiger partial charge in [-0.15, -0.1) is 0 Å². The molecule has 7 heteroatoms. The Morgan fingerprint density at radius 2 is 1.87 bits per heavy atom.